The van der Waals surface area contributed by atoms with Gasteiger partial charge >= 0.3 is 0 Å². The quantitative estimate of drug-likeness (QED) is 0.156. The van der Waals surface area contributed by atoms with Crippen LogP contribution in [-0.4, -0.2) is 0 Å². The molecule has 0 aromatic heterocycles. The molecule has 0 N–H and O–H groups in total. The fraction of sp³-hybridized carbons (Fsp3) is 0.0213. The minimum Gasteiger partial charge on any atom is -0.311 e. The zero-order chi connectivity index (χ0) is 34.8. The highest BCUT2D eigenvalue weighted by Crippen LogP contribution is 2.51. The lowest BCUT2D eigenvalue weighted by Gasteiger charge is -2.26. The molecule has 0 spiro atoms. The Morgan fingerprint density at radius 2 is 0.940 bits per heavy atom. The number of hydrogen-bond donors (Lipinski definition) is 0. The Hall–Kier alpha value is -6.30. The number of halogens is 2. The molecule has 0 fully saturated rings. The first kappa shape index (κ1) is 33.6. The maximum Gasteiger partial charge on any atom is 0.0735 e. The molecule has 0 saturated carbocycles. The van der Waals surface area contributed by atoms with Gasteiger partial charge in [-0.25, -0.2) is 0 Å². The maximum absolute atomic E-state index is 3.57. The molecule has 0 atom stereocenters. The molecule has 1 nitrogen and oxygen atoms in total. The SMILES string of the molecule is C=C=C=C=C=C=C=CC1(C=C=C=C=C=C=C=C)c2ccccc2-c2ccc(-c3ccc(N(c4ccc(Br)cc4)c4ccc(Br)cc4)cc3)cc21. The molecule has 3 heteroatoms. The minimum atomic E-state index is -0.735. The van der Waals surface area contributed by atoms with Gasteiger partial charge in [0.15, 0.2) is 0 Å². The Bertz CT molecular complexity index is 2490. The van der Waals surface area contributed by atoms with E-state index in [-0.39, 0.29) is 0 Å². The summed E-state index contributed by atoms with van der Waals surface area (Å²) >= 11 is 7.15. The van der Waals surface area contributed by atoms with Gasteiger partial charge in [0.1, 0.15) is 0 Å². The van der Waals surface area contributed by atoms with E-state index in [2.05, 4.69) is 228 Å². The van der Waals surface area contributed by atoms with Crippen LogP contribution in [0.2, 0.25) is 0 Å². The molecule has 1 aliphatic rings. The van der Waals surface area contributed by atoms with Crippen molar-refractivity contribution in [2.45, 2.75) is 5.41 Å². The summed E-state index contributed by atoms with van der Waals surface area (Å²) in [6.45, 7) is 7.00. The highest BCUT2D eigenvalue weighted by molar-refractivity contribution is 9.10. The van der Waals surface area contributed by atoms with Gasteiger partial charge in [0.25, 0.3) is 0 Å². The van der Waals surface area contributed by atoms with Crippen LogP contribution < -0.4 is 4.90 Å². The predicted molar refractivity (Wildman–Crippen MR) is 211 cm³/mol. The van der Waals surface area contributed by atoms with Crippen molar-refractivity contribution in [3.8, 4) is 22.3 Å². The highest BCUT2D eigenvalue weighted by Gasteiger charge is 2.40. The molecule has 5 aromatic rings. The summed E-state index contributed by atoms with van der Waals surface area (Å²) in [5.74, 6) is 0. The molecule has 0 bridgehead atoms. The van der Waals surface area contributed by atoms with Crippen molar-refractivity contribution in [3.63, 3.8) is 0 Å². The number of nitrogens with zero attached hydrogens (tertiary/aromatic N) is 1. The lowest BCUT2D eigenvalue weighted by molar-refractivity contribution is 0.847. The van der Waals surface area contributed by atoms with Crippen molar-refractivity contribution in [1.82, 2.24) is 0 Å². The first-order valence-electron chi connectivity index (χ1n) is 15.4. The number of hydrogen-bond acceptors (Lipinski definition) is 1. The second-order valence-electron chi connectivity index (χ2n) is 10.9. The van der Waals surface area contributed by atoms with Crippen molar-refractivity contribution in [1.29, 1.82) is 0 Å². The molecule has 1 aliphatic carbocycles. The number of anilines is 3. The zero-order valence-corrected chi connectivity index (χ0v) is 29.9. The molecule has 0 heterocycles. The van der Waals surface area contributed by atoms with Gasteiger partial charge in [0.05, 0.1) is 5.41 Å². The zero-order valence-electron chi connectivity index (χ0n) is 26.7. The number of rotatable bonds is 6. The monoisotopic (exact) mass is 761 g/mol. The average molecular weight is 764 g/mol. The molecule has 50 heavy (non-hydrogen) atoms. The van der Waals surface area contributed by atoms with Crippen LogP contribution in [0.25, 0.3) is 22.3 Å². The molecule has 232 valence electrons. The van der Waals surface area contributed by atoms with Crippen LogP contribution in [0.1, 0.15) is 11.1 Å². The van der Waals surface area contributed by atoms with E-state index in [0.717, 1.165) is 59.4 Å². The second kappa shape index (κ2) is 15.7. The van der Waals surface area contributed by atoms with Crippen molar-refractivity contribution in [3.05, 3.63) is 229 Å². The highest BCUT2D eigenvalue weighted by atomic mass is 79.9. The predicted octanol–water partition coefficient (Wildman–Crippen LogP) is 12.8. The van der Waals surface area contributed by atoms with Gasteiger partial charge in [-0.05, 0) is 171 Å². The van der Waals surface area contributed by atoms with E-state index in [0.29, 0.717) is 0 Å². The molecule has 6 rings (SSSR count). The summed E-state index contributed by atoms with van der Waals surface area (Å²) in [7, 11) is 0. The van der Waals surface area contributed by atoms with E-state index >= 15 is 0 Å². The summed E-state index contributed by atoms with van der Waals surface area (Å²) in [6, 6.07) is 40.2. The third-order valence-electron chi connectivity index (χ3n) is 8.05. The number of fused-ring (bicyclic) bond motifs is 3. The first-order chi connectivity index (χ1) is 24.5. The van der Waals surface area contributed by atoms with Gasteiger partial charge < -0.3 is 4.90 Å². The van der Waals surface area contributed by atoms with Crippen molar-refractivity contribution in [2.75, 3.05) is 4.90 Å². The van der Waals surface area contributed by atoms with Gasteiger partial charge in [-0.15, -0.1) is 0 Å². The summed E-state index contributed by atoms with van der Waals surface area (Å²) in [4.78, 5) is 2.24. The van der Waals surface area contributed by atoms with E-state index in [4.69, 9.17) is 0 Å². The Balaban J connectivity index is 1.51. The van der Waals surface area contributed by atoms with Crippen LogP contribution in [0.15, 0.2) is 218 Å². The lowest BCUT2D eigenvalue weighted by Crippen LogP contribution is -2.18. The molecule has 0 unspecified atom stereocenters. The topological polar surface area (TPSA) is 3.24 Å². The van der Waals surface area contributed by atoms with Gasteiger partial charge in [-0.3, -0.25) is 0 Å². The van der Waals surface area contributed by atoms with Crippen LogP contribution in [0.4, 0.5) is 17.1 Å². The molecule has 0 aliphatic heterocycles. The van der Waals surface area contributed by atoms with Gasteiger partial charge in [0, 0.05) is 26.0 Å². The Morgan fingerprint density at radius 3 is 1.48 bits per heavy atom. The third kappa shape index (κ3) is 7.24. The van der Waals surface area contributed by atoms with Crippen molar-refractivity contribution in [2.24, 2.45) is 0 Å². The van der Waals surface area contributed by atoms with E-state index in [1.54, 1.807) is 0 Å². The van der Waals surface area contributed by atoms with Crippen LogP contribution in [0, 0.1) is 0 Å². The van der Waals surface area contributed by atoms with Crippen molar-refractivity contribution < 1.29 is 0 Å². The molecular formula is C47H25Br2N. The first-order valence-corrected chi connectivity index (χ1v) is 17.0. The van der Waals surface area contributed by atoms with Crippen LogP contribution in [-0.2, 0) is 5.41 Å². The number of benzene rings is 5. The molecule has 5 aromatic carbocycles. The van der Waals surface area contributed by atoms with Gasteiger partial charge in [-0.1, -0.05) is 103 Å². The maximum atomic E-state index is 3.57. The molecular weight excluding hydrogens is 738 g/mol. The van der Waals surface area contributed by atoms with E-state index in [1.165, 1.54) is 0 Å². The lowest BCUT2D eigenvalue weighted by atomic mass is 9.77. The molecule has 0 radical (unpaired) electrons. The smallest absolute Gasteiger partial charge is 0.0735 e. The van der Waals surface area contributed by atoms with E-state index in [9.17, 15) is 0 Å². The average Bonchev–Trinajstić information content (AvgIpc) is 3.42. The summed E-state index contributed by atoms with van der Waals surface area (Å²) in [5, 5.41) is 0. The Kier molecular flexibility index (Phi) is 10.6. The van der Waals surface area contributed by atoms with Crippen LogP contribution in [0.3, 0.4) is 0 Å². The summed E-state index contributed by atoms with van der Waals surface area (Å²) in [6.07, 6.45) is 3.92. The van der Waals surface area contributed by atoms with Crippen LogP contribution >= 0.6 is 31.9 Å². The summed E-state index contributed by atoms with van der Waals surface area (Å²) < 4.78 is 2.06. The van der Waals surface area contributed by atoms with E-state index < -0.39 is 5.41 Å². The Morgan fingerprint density at radius 1 is 0.480 bits per heavy atom. The van der Waals surface area contributed by atoms with Crippen molar-refractivity contribution >= 4 is 48.9 Å². The molecule has 0 amide bonds. The second-order valence-corrected chi connectivity index (χ2v) is 12.8. The normalized spacial score (nSPS) is 12.7. The number of allylic oxidation sites excluding steroid dienone is 2. The van der Waals surface area contributed by atoms with Gasteiger partial charge in [-0.2, -0.15) is 0 Å². The fourth-order valence-corrected chi connectivity index (χ4v) is 6.42. The minimum absolute atomic E-state index is 0.735. The van der Waals surface area contributed by atoms with Crippen LogP contribution in [0.5, 0.6) is 0 Å². The largest absolute Gasteiger partial charge is 0.311 e. The fourth-order valence-electron chi connectivity index (χ4n) is 5.89. The standard InChI is InChI=1S/C47H25Br2N/c1-3-5-7-9-11-15-33-47(34-16-12-10-8-6-4-2)45-18-14-13-17-43(45)44-32-21-37(35-46(44)47)36-19-26-40(27-20-36)50(41-28-22-38(48)23-29-41)42-30-24-39(49)25-31-42/h13-14,17-35H,1-2H2. The molecule has 0 saturated heterocycles. The van der Waals surface area contributed by atoms with E-state index in [1.807, 2.05) is 18.2 Å². The summed E-state index contributed by atoms with van der Waals surface area (Å²) in [5.41, 5.74) is 42.5. The van der Waals surface area contributed by atoms with Gasteiger partial charge in [0.2, 0.25) is 0 Å². The third-order valence-corrected chi connectivity index (χ3v) is 9.11. The Labute approximate surface area is 309 Å².